The Morgan fingerprint density at radius 2 is 1.85 bits per heavy atom. The zero-order chi connectivity index (χ0) is 18.6. The minimum absolute atomic E-state index is 0.133. The number of methoxy groups -OCH3 is 1. The molecule has 1 saturated carbocycles. The van der Waals surface area contributed by atoms with Gasteiger partial charge in [-0.2, -0.15) is 0 Å². The highest BCUT2D eigenvalue weighted by atomic mass is 35.5. The second-order valence-corrected chi connectivity index (χ2v) is 7.52. The topological polar surface area (TPSA) is 75.7 Å². The SMILES string of the molecule is COc1cc(Cl)c(C)cc1NC(=O)CN1C(=O)[C@H]2[C@H](C1=O)[C@H]1C=C[C@H]2C1. The van der Waals surface area contributed by atoms with E-state index in [1.807, 2.05) is 19.1 Å². The van der Waals surface area contributed by atoms with Gasteiger partial charge in [0.1, 0.15) is 12.3 Å². The van der Waals surface area contributed by atoms with Gasteiger partial charge in [-0.3, -0.25) is 19.3 Å². The van der Waals surface area contributed by atoms with Gasteiger partial charge >= 0.3 is 0 Å². The van der Waals surface area contributed by atoms with Crippen molar-refractivity contribution in [3.63, 3.8) is 0 Å². The van der Waals surface area contributed by atoms with Crippen LogP contribution in [0.3, 0.4) is 0 Å². The van der Waals surface area contributed by atoms with Gasteiger partial charge in [-0.15, -0.1) is 0 Å². The van der Waals surface area contributed by atoms with E-state index in [1.54, 1.807) is 12.1 Å². The van der Waals surface area contributed by atoms with E-state index in [4.69, 9.17) is 16.3 Å². The van der Waals surface area contributed by atoms with Gasteiger partial charge in [0.15, 0.2) is 0 Å². The van der Waals surface area contributed by atoms with Crippen molar-refractivity contribution in [3.05, 3.63) is 34.9 Å². The monoisotopic (exact) mass is 374 g/mol. The Balaban J connectivity index is 1.49. The molecular weight excluding hydrogens is 356 g/mol. The van der Waals surface area contributed by atoms with E-state index in [0.29, 0.717) is 16.5 Å². The summed E-state index contributed by atoms with van der Waals surface area (Å²) in [6.07, 6.45) is 4.93. The third kappa shape index (κ3) is 2.51. The molecule has 6 nitrogen and oxygen atoms in total. The van der Waals surface area contributed by atoms with E-state index in [2.05, 4.69) is 5.32 Å². The molecule has 3 amide bonds. The van der Waals surface area contributed by atoms with E-state index in [-0.39, 0.29) is 42.0 Å². The van der Waals surface area contributed by atoms with Crippen LogP contribution in [0.1, 0.15) is 12.0 Å². The van der Waals surface area contributed by atoms with E-state index in [9.17, 15) is 14.4 Å². The molecule has 1 aromatic carbocycles. The van der Waals surface area contributed by atoms with Crippen molar-refractivity contribution >= 4 is 35.0 Å². The van der Waals surface area contributed by atoms with E-state index in [0.717, 1.165) is 16.9 Å². The molecule has 4 rings (SSSR count). The van der Waals surface area contributed by atoms with Crippen molar-refractivity contribution in [2.75, 3.05) is 19.0 Å². The molecule has 7 heteroatoms. The molecule has 1 aliphatic heterocycles. The van der Waals surface area contributed by atoms with Crippen LogP contribution in [0.15, 0.2) is 24.3 Å². The average molecular weight is 375 g/mol. The summed E-state index contributed by atoms with van der Waals surface area (Å²) in [5, 5.41) is 3.25. The molecule has 2 fully saturated rings. The molecule has 1 saturated heterocycles. The summed E-state index contributed by atoms with van der Waals surface area (Å²) < 4.78 is 5.24. The summed E-state index contributed by atoms with van der Waals surface area (Å²) in [6, 6.07) is 3.32. The van der Waals surface area contributed by atoms with Gasteiger partial charge in [0, 0.05) is 11.1 Å². The predicted octanol–water partition coefficient (Wildman–Crippen LogP) is 2.40. The van der Waals surface area contributed by atoms with Crippen LogP contribution in [0.25, 0.3) is 0 Å². The first-order valence-corrected chi connectivity index (χ1v) is 8.96. The third-order valence-electron chi connectivity index (χ3n) is 5.62. The van der Waals surface area contributed by atoms with Crippen molar-refractivity contribution in [3.8, 4) is 5.75 Å². The average Bonchev–Trinajstić information content (AvgIpc) is 3.28. The van der Waals surface area contributed by atoms with Crippen molar-refractivity contribution in [1.29, 1.82) is 0 Å². The number of imide groups is 1. The number of rotatable bonds is 4. The van der Waals surface area contributed by atoms with Crippen LogP contribution < -0.4 is 10.1 Å². The summed E-state index contributed by atoms with van der Waals surface area (Å²) >= 11 is 6.07. The molecule has 0 aromatic heterocycles. The zero-order valence-electron chi connectivity index (χ0n) is 14.5. The number of amides is 3. The molecule has 1 N–H and O–H groups in total. The third-order valence-corrected chi connectivity index (χ3v) is 6.03. The number of halogens is 1. The largest absolute Gasteiger partial charge is 0.495 e. The minimum atomic E-state index is -0.438. The quantitative estimate of drug-likeness (QED) is 0.648. The summed E-state index contributed by atoms with van der Waals surface area (Å²) in [6.45, 7) is 1.53. The molecule has 0 spiro atoms. The maximum atomic E-state index is 12.6. The maximum Gasteiger partial charge on any atom is 0.244 e. The number of likely N-dealkylation sites (tertiary alicyclic amines) is 1. The Kier molecular flexibility index (Phi) is 4.03. The number of hydrogen-bond donors (Lipinski definition) is 1. The van der Waals surface area contributed by atoms with Crippen molar-refractivity contribution in [2.24, 2.45) is 23.7 Å². The summed E-state index contributed by atoms with van der Waals surface area (Å²) in [5.41, 5.74) is 1.24. The number of hydrogen-bond acceptors (Lipinski definition) is 4. The first kappa shape index (κ1) is 17.1. The van der Waals surface area contributed by atoms with E-state index >= 15 is 0 Å². The Morgan fingerprint density at radius 3 is 2.42 bits per heavy atom. The highest BCUT2D eigenvalue weighted by Gasteiger charge is 2.59. The number of nitrogens with one attached hydrogen (secondary N) is 1. The van der Waals surface area contributed by atoms with Gasteiger partial charge in [-0.05, 0) is 36.8 Å². The molecule has 136 valence electrons. The van der Waals surface area contributed by atoms with Crippen molar-refractivity contribution < 1.29 is 19.1 Å². The lowest BCUT2D eigenvalue weighted by atomic mass is 9.85. The van der Waals surface area contributed by atoms with Gasteiger partial charge in [0.05, 0.1) is 24.6 Å². The highest BCUT2D eigenvalue weighted by Crippen LogP contribution is 2.52. The van der Waals surface area contributed by atoms with Crippen LogP contribution >= 0.6 is 11.6 Å². The Morgan fingerprint density at radius 1 is 1.23 bits per heavy atom. The molecular formula is C19H19ClN2O4. The van der Waals surface area contributed by atoms with E-state index in [1.165, 1.54) is 7.11 Å². The second-order valence-electron chi connectivity index (χ2n) is 7.11. The zero-order valence-corrected chi connectivity index (χ0v) is 15.2. The number of aryl methyl sites for hydroxylation is 1. The van der Waals surface area contributed by atoms with Crippen molar-refractivity contribution in [2.45, 2.75) is 13.3 Å². The van der Waals surface area contributed by atoms with E-state index < -0.39 is 5.91 Å². The lowest BCUT2D eigenvalue weighted by Gasteiger charge is -2.18. The number of benzene rings is 1. The van der Waals surface area contributed by atoms with Gasteiger partial charge in [-0.1, -0.05) is 23.8 Å². The molecule has 4 atom stereocenters. The van der Waals surface area contributed by atoms with Gasteiger partial charge in [-0.25, -0.2) is 0 Å². The predicted molar refractivity (Wildman–Crippen MR) is 95.8 cm³/mol. The standard InChI is InChI=1S/C19H19ClN2O4/c1-9-5-13(14(26-2)7-12(9)20)21-15(23)8-22-18(24)16-10-3-4-11(6-10)17(16)19(22)25/h3-5,7,10-11,16-17H,6,8H2,1-2H3,(H,21,23)/t10-,11-,16+,17+/m0/s1. The molecule has 1 heterocycles. The normalized spacial score (nSPS) is 28.7. The molecule has 2 aliphatic carbocycles. The molecule has 26 heavy (non-hydrogen) atoms. The maximum absolute atomic E-state index is 12.6. The number of ether oxygens (including phenoxy) is 1. The first-order valence-electron chi connectivity index (χ1n) is 8.58. The minimum Gasteiger partial charge on any atom is -0.495 e. The number of nitrogens with zero attached hydrogens (tertiary/aromatic N) is 1. The molecule has 3 aliphatic rings. The summed E-state index contributed by atoms with van der Waals surface area (Å²) in [4.78, 5) is 38.9. The fourth-order valence-corrected chi connectivity index (χ4v) is 4.54. The fraction of sp³-hybridized carbons (Fsp3) is 0.421. The Bertz CT molecular complexity index is 820. The Labute approximate surface area is 156 Å². The van der Waals surface area contributed by atoms with Gasteiger partial charge in [0.2, 0.25) is 17.7 Å². The van der Waals surface area contributed by atoms with Crippen LogP contribution in [-0.4, -0.2) is 36.3 Å². The smallest absolute Gasteiger partial charge is 0.244 e. The summed E-state index contributed by atoms with van der Waals surface area (Å²) in [7, 11) is 1.48. The molecule has 0 unspecified atom stereocenters. The number of fused-ring (bicyclic) bond motifs is 5. The summed E-state index contributed by atoms with van der Waals surface area (Å²) in [5.74, 6) is -0.797. The van der Waals surface area contributed by atoms with Crippen LogP contribution in [0.2, 0.25) is 5.02 Å². The molecule has 0 radical (unpaired) electrons. The highest BCUT2D eigenvalue weighted by molar-refractivity contribution is 6.31. The number of carbonyl (C=O) groups is 3. The van der Waals surface area contributed by atoms with Crippen LogP contribution in [-0.2, 0) is 14.4 Å². The first-order chi connectivity index (χ1) is 12.4. The van der Waals surface area contributed by atoms with Gasteiger partial charge in [0.25, 0.3) is 0 Å². The lowest BCUT2D eigenvalue weighted by molar-refractivity contribution is -0.143. The van der Waals surface area contributed by atoms with Crippen molar-refractivity contribution in [1.82, 2.24) is 4.90 Å². The van der Waals surface area contributed by atoms with Crippen LogP contribution in [0, 0.1) is 30.6 Å². The van der Waals surface area contributed by atoms with Gasteiger partial charge < -0.3 is 10.1 Å². The fourth-order valence-electron chi connectivity index (χ4n) is 4.38. The number of anilines is 1. The van der Waals surface area contributed by atoms with Crippen LogP contribution in [0.5, 0.6) is 5.75 Å². The molecule has 2 bridgehead atoms. The number of allylic oxidation sites excluding steroid dienone is 2. The number of carbonyl (C=O) groups excluding carboxylic acids is 3. The van der Waals surface area contributed by atoms with Crippen LogP contribution in [0.4, 0.5) is 5.69 Å². The lowest BCUT2D eigenvalue weighted by Crippen LogP contribution is -2.39. The second kappa shape index (κ2) is 6.13. The Hall–Kier alpha value is -2.34. The molecule has 1 aromatic rings.